The zero-order chi connectivity index (χ0) is 25.2. The molecule has 1 unspecified atom stereocenters. The molecule has 2 aromatic rings. The molecule has 1 aliphatic carbocycles. The van der Waals surface area contributed by atoms with Gasteiger partial charge in [-0.3, -0.25) is 4.79 Å². The van der Waals surface area contributed by atoms with E-state index in [0.717, 1.165) is 11.3 Å². The fourth-order valence-corrected chi connectivity index (χ4v) is 5.01. The van der Waals surface area contributed by atoms with Crippen LogP contribution in [0.2, 0.25) is 0 Å². The summed E-state index contributed by atoms with van der Waals surface area (Å²) in [6.45, 7) is 8.45. The molecule has 0 amide bonds. The lowest BCUT2D eigenvalue weighted by Crippen LogP contribution is -2.38. The fourth-order valence-electron chi connectivity index (χ4n) is 5.01. The van der Waals surface area contributed by atoms with Gasteiger partial charge in [0, 0.05) is 35.7 Å². The number of phenolic OH excluding ortho intramolecular Hbond substituents is 1. The van der Waals surface area contributed by atoms with Crippen molar-refractivity contribution in [1.82, 2.24) is 5.32 Å². The minimum absolute atomic E-state index is 0.0156. The van der Waals surface area contributed by atoms with Crippen LogP contribution in [0.15, 0.2) is 71.1 Å². The molecule has 2 aromatic carbocycles. The number of phenols is 1. The summed E-state index contributed by atoms with van der Waals surface area (Å²) in [6.07, 6.45) is 1.70. The first-order valence-corrected chi connectivity index (χ1v) is 12.1. The van der Waals surface area contributed by atoms with E-state index in [-0.39, 0.29) is 23.6 Å². The molecule has 2 N–H and O–H groups in total. The molecule has 0 radical (unpaired) electrons. The Bertz CT molecular complexity index is 1190. The van der Waals surface area contributed by atoms with Crippen molar-refractivity contribution >= 4 is 11.8 Å². The van der Waals surface area contributed by atoms with Crippen LogP contribution in [0.5, 0.6) is 11.5 Å². The van der Waals surface area contributed by atoms with Crippen LogP contribution < -0.4 is 10.1 Å². The highest BCUT2D eigenvalue weighted by Crippen LogP contribution is 2.47. The molecule has 6 heteroatoms. The van der Waals surface area contributed by atoms with Gasteiger partial charge in [-0.15, -0.1) is 0 Å². The summed E-state index contributed by atoms with van der Waals surface area (Å²) in [4.78, 5) is 26.9. The van der Waals surface area contributed by atoms with Gasteiger partial charge in [-0.25, -0.2) is 4.79 Å². The summed E-state index contributed by atoms with van der Waals surface area (Å²) in [5, 5.41) is 13.6. The van der Waals surface area contributed by atoms with E-state index >= 15 is 0 Å². The zero-order valence-corrected chi connectivity index (χ0v) is 20.8. The molecule has 0 saturated carbocycles. The molecular formula is C29H33NO5. The third-order valence-electron chi connectivity index (χ3n) is 6.54. The van der Waals surface area contributed by atoms with Crippen LogP contribution in [0, 0.1) is 5.41 Å². The van der Waals surface area contributed by atoms with E-state index in [1.54, 1.807) is 18.2 Å². The van der Waals surface area contributed by atoms with Crippen LogP contribution in [0.1, 0.15) is 57.6 Å². The molecule has 6 nitrogen and oxygen atoms in total. The largest absolute Gasteiger partial charge is 0.504 e. The van der Waals surface area contributed by atoms with Crippen LogP contribution in [0.25, 0.3) is 0 Å². The van der Waals surface area contributed by atoms with Gasteiger partial charge in [0.2, 0.25) is 0 Å². The second kappa shape index (κ2) is 9.98. The van der Waals surface area contributed by atoms with E-state index in [4.69, 9.17) is 9.47 Å². The average molecular weight is 476 g/mol. The van der Waals surface area contributed by atoms with Gasteiger partial charge in [-0.2, -0.15) is 0 Å². The molecule has 184 valence electrons. The van der Waals surface area contributed by atoms with Crippen molar-refractivity contribution in [2.24, 2.45) is 5.41 Å². The number of hydrogen-bond acceptors (Lipinski definition) is 6. The van der Waals surface area contributed by atoms with Crippen molar-refractivity contribution in [3.8, 4) is 11.5 Å². The summed E-state index contributed by atoms with van der Waals surface area (Å²) in [7, 11) is 0. The average Bonchev–Trinajstić information content (AvgIpc) is 2.79. The number of carbonyl (C=O) groups excluding carboxylic acids is 2. The number of dihydropyridines is 1. The van der Waals surface area contributed by atoms with Crippen molar-refractivity contribution in [3.05, 3.63) is 82.2 Å². The van der Waals surface area contributed by atoms with E-state index in [0.29, 0.717) is 54.0 Å². The van der Waals surface area contributed by atoms with Gasteiger partial charge in [-0.05, 0) is 48.9 Å². The molecule has 2 aliphatic rings. The predicted molar refractivity (Wildman–Crippen MR) is 134 cm³/mol. The number of ether oxygens (including phenoxy) is 2. The van der Waals surface area contributed by atoms with Gasteiger partial charge in [0.15, 0.2) is 17.3 Å². The number of esters is 1. The van der Waals surface area contributed by atoms with Gasteiger partial charge in [-0.1, -0.05) is 50.2 Å². The number of Topliss-reactive ketones (excluding diaryl/α,β-unsaturated/α-hetero) is 1. The summed E-state index contributed by atoms with van der Waals surface area (Å²) < 4.78 is 11.3. The monoisotopic (exact) mass is 475 g/mol. The second-order valence-electron chi connectivity index (χ2n) is 9.96. The Morgan fingerprint density at radius 3 is 2.60 bits per heavy atom. The minimum atomic E-state index is -0.598. The van der Waals surface area contributed by atoms with Crippen LogP contribution in [0.3, 0.4) is 0 Å². The number of nitrogens with one attached hydrogen (secondary N) is 1. The third-order valence-corrected chi connectivity index (χ3v) is 6.54. The smallest absolute Gasteiger partial charge is 0.336 e. The Morgan fingerprint density at radius 1 is 1.14 bits per heavy atom. The molecular weight excluding hydrogens is 442 g/mol. The van der Waals surface area contributed by atoms with E-state index in [1.807, 2.05) is 44.2 Å². The fraction of sp³-hybridized carbons (Fsp3) is 0.379. The number of benzene rings is 2. The summed E-state index contributed by atoms with van der Waals surface area (Å²) in [5.74, 6) is -0.696. The topological polar surface area (TPSA) is 84.9 Å². The normalized spacial score (nSPS) is 19.2. The first-order chi connectivity index (χ1) is 16.7. The SMILES string of the molecule is CCOc1cc(C2C(C(=O)OCCc3ccccc3)=C(C)NC3=C2C(=O)CC(C)(C)C3)ccc1O. The predicted octanol–water partition coefficient (Wildman–Crippen LogP) is 5.18. The number of ketones is 1. The summed E-state index contributed by atoms with van der Waals surface area (Å²) in [5.41, 5.74) is 4.15. The molecule has 0 fully saturated rings. The minimum Gasteiger partial charge on any atom is -0.504 e. The molecule has 1 heterocycles. The number of hydrogen-bond donors (Lipinski definition) is 2. The lowest BCUT2D eigenvalue weighted by atomic mass is 9.68. The first kappa shape index (κ1) is 24.6. The lowest BCUT2D eigenvalue weighted by molar-refractivity contribution is -0.139. The maximum Gasteiger partial charge on any atom is 0.336 e. The molecule has 0 saturated heterocycles. The Balaban J connectivity index is 1.71. The Kier molecular flexibility index (Phi) is 7.01. The molecule has 35 heavy (non-hydrogen) atoms. The van der Waals surface area contributed by atoms with Gasteiger partial charge in [0.25, 0.3) is 0 Å². The van der Waals surface area contributed by atoms with E-state index < -0.39 is 11.9 Å². The summed E-state index contributed by atoms with van der Waals surface area (Å²) >= 11 is 0. The van der Waals surface area contributed by atoms with E-state index in [9.17, 15) is 14.7 Å². The van der Waals surface area contributed by atoms with Crippen molar-refractivity contribution in [1.29, 1.82) is 0 Å². The van der Waals surface area contributed by atoms with Crippen LogP contribution in [0.4, 0.5) is 0 Å². The Labute approximate surface area is 206 Å². The highest BCUT2D eigenvalue weighted by atomic mass is 16.5. The first-order valence-electron chi connectivity index (χ1n) is 12.1. The van der Waals surface area contributed by atoms with E-state index in [2.05, 4.69) is 19.2 Å². The van der Waals surface area contributed by atoms with Crippen LogP contribution in [-0.4, -0.2) is 30.1 Å². The maximum absolute atomic E-state index is 13.4. The van der Waals surface area contributed by atoms with Gasteiger partial charge >= 0.3 is 5.97 Å². The lowest BCUT2D eigenvalue weighted by Gasteiger charge is -2.39. The molecule has 0 aromatic heterocycles. The number of carbonyl (C=O) groups is 2. The van der Waals surface area contributed by atoms with Gasteiger partial charge in [0.1, 0.15) is 0 Å². The molecule has 0 bridgehead atoms. The highest BCUT2D eigenvalue weighted by Gasteiger charge is 2.43. The number of allylic oxidation sites excluding steroid dienone is 3. The summed E-state index contributed by atoms with van der Waals surface area (Å²) in [6, 6.07) is 14.9. The molecule has 0 spiro atoms. The zero-order valence-electron chi connectivity index (χ0n) is 20.8. The van der Waals surface area contributed by atoms with Gasteiger partial charge < -0.3 is 19.9 Å². The third kappa shape index (κ3) is 5.26. The van der Waals surface area contributed by atoms with Crippen molar-refractivity contribution in [2.45, 2.75) is 52.9 Å². The number of aromatic hydroxyl groups is 1. The van der Waals surface area contributed by atoms with Crippen molar-refractivity contribution in [3.63, 3.8) is 0 Å². The van der Waals surface area contributed by atoms with Crippen LogP contribution in [-0.2, 0) is 20.7 Å². The standard InChI is InChI=1S/C29H33NO5/c1-5-34-24-15-20(11-12-22(24)31)26-25(28(33)35-14-13-19-9-7-6-8-10-19)18(2)30-21-16-29(3,4)17-23(32)27(21)26/h6-12,15,26,30-31H,5,13-14,16-17H2,1-4H3. The maximum atomic E-state index is 13.4. The highest BCUT2D eigenvalue weighted by molar-refractivity contribution is 6.04. The molecule has 1 atom stereocenters. The molecule has 4 rings (SSSR count). The van der Waals surface area contributed by atoms with Gasteiger partial charge in [0.05, 0.1) is 18.8 Å². The second-order valence-corrected chi connectivity index (χ2v) is 9.96. The molecule has 1 aliphatic heterocycles. The Hall–Kier alpha value is -3.54. The number of rotatable bonds is 7. The van der Waals surface area contributed by atoms with E-state index in [1.165, 1.54) is 0 Å². The van der Waals surface area contributed by atoms with Crippen molar-refractivity contribution in [2.75, 3.05) is 13.2 Å². The van der Waals surface area contributed by atoms with Crippen molar-refractivity contribution < 1.29 is 24.2 Å². The quantitative estimate of drug-likeness (QED) is 0.537. The Morgan fingerprint density at radius 2 is 1.89 bits per heavy atom. The van der Waals surface area contributed by atoms with Crippen LogP contribution >= 0.6 is 0 Å².